The molecule has 0 saturated carbocycles. The highest BCUT2D eigenvalue weighted by molar-refractivity contribution is 7.19. The molecule has 0 atom stereocenters. The van der Waals surface area contributed by atoms with E-state index in [-0.39, 0.29) is 10.8 Å². The van der Waals surface area contributed by atoms with Gasteiger partial charge in [-0.3, -0.25) is 0 Å². The molecule has 3 heteroatoms. The number of hydrogen-bond acceptors (Lipinski definition) is 3. The van der Waals surface area contributed by atoms with Gasteiger partial charge in [-0.15, -0.1) is 11.3 Å². The first kappa shape index (κ1) is 29.9. The van der Waals surface area contributed by atoms with Crippen LogP contribution in [0.5, 0.6) is 0 Å². The van der Waals surface area contributed by atoms with E-state index in [4.69, 9.17) is 4.98 Å². The van der Waals surface area contributed by atoms with Crippen molar-refractivity contribution in [1.29, 1.82) is 0 Å². The van der Waals surface area contributed by atoms with Crippen LogP contribution in [-0.4, -0.2) is 4.98 Å². The topological polar surface area (TPSA) is 16.1 Å². The molecule has 248 valence electrons. The number of anilines is 3. The van der Waals surface area contributed by atoms with Crippen molar-refractivity contribution < 1.29 is 0 Å². The van der Waals surface area contributed by atoms with Gasteiger partial charge in [-0.05, 0) is 104 Å². The Hall–Kier alpha value is -5.77. The number of benzene rings is 7. The van der Waals surface area contributed by atoms with Gasteiger partial charge in [0.25, 0.3) is 0 Å². The van der Waals surface area contributed by atoms with Crippen LogP contribution in [0.4, 0.5) is 17.1 Å². The van der Waals surface area contributed by atoms with Crippen LogP contribution in [0.3, 0.4) is 0 Å². The molecule has 0 fully saturated rings. The first-order valence-electron chi connectivity index (χ1n) is 18.2. The fourth-order valence-corrected chi connectivity index (χ4v) is 10.5. The Kier molecular flexibility index (Phi) is 5.98. The molecule has 2 nitrogen and oxygen atoms in total. The number of rotatable bonds is 4. The molecule has 0 radical (unpaired) electrons. The zero-order chi connectivity index (χ0) is 34.9. The monoisotopic (exact) mass is 684 g/mol. The second-order valence-electron chi connectivity index (χ2n) is 15.6. The molecule has 0 amide bonds. The van der Waals surface area contributed by atoms with Gasteiger partial charge in [0.15, 0.2) is 0 Å². The molecular formula is C49H36N2S. The molecule has 7 aromatic carbocycles. The van der Waals surface area contributed by atoms with E-state index in [2.05, 4.69) is 178 Å². The van der Waals surface area contributed by atoms with Gasteiger partial charge in [-0.2, -0.15) is 0 Å². The molecule has 0 bridgehead atoms. The third-order valence-electron chi connectivity index (χ3n) is 12.1. The number of nitrogens with zero attached hydrogens (tertiary/aromatic N) is 2. The summed E-state index contributed by atoms with van der Waals surface area (Å²) in [4.78, 5) is 8.97. The zero-order valence-electron chi connectivity index (χ0n) is 29.7. The summed E-state index contributed by atoms with van der Waals surface area (Å²) in [5.74, 6) is 0. The molecule has 3 aliphatic rings. The predicted molar refractivity (Wildman–Crippen MR) is 219 cm³/mol. The molecule has 52 heavy (non-hydrogen) atoms. The van der Waals surface area contributed by atoms with Crippen molar-refractivity contribution in [2.75, 3.05) is 4.90 Å². The lowest BCUT2D eigenvalue weighted by atomic mass is 9.82. The van der Waals surface area contributed by atoms with Crippen LogP contribution in [0.1, 0.15) is 49.9 Å². The Morgan fingerprint density at radius 2 is 0.962 bits per heavy atom. The molecule has 8 aromatic rings. The van der Waals surface area contributed by atoms with Gasteiger partial charge in [-0.25, -0.2) is 4.98 Å². The minimum Gasteiger partial charge on any atom is -0.310 e. The lowest BCUT2D eigenvalue weighted by Gasteiger charge is -2.29. The van der Waals surface area contributed by atoms with Crippen molar-refractivity contribution in [2.24, 2.45) is 0 Å². The molecule has 3 aliphatic carbocycles. The second kappa shape index (κ2) is 10.4. The smallest absolute Gasteiger partial charge is 0.124 e. The standard InChI is InChI=1S/C49H36N2S/c1-48(2)40-17-7-5-13-34(40)36-25-23-32(27-42(36)48)51(33-24-26-37-35-14-6-8-18-41(35)49(3,4)43(37)28-33)31-21-19-30(20-22-31)47-50-45-38-15-9-11-29-12-10-16-39(44(29)38)46(45)52-47/h5-28H,1-4H3. The molecular weight excluding hydrogens is 649 g/mol. The van der Waals surface area contributed by atoms with E-state index in [9.17, 15) is 0 Å². The second-order valence-corrected chi connectivity index (χ2v) is 16.6. The van der Waals surface area contributed by atoms with Gasteiger partial charge in [0, 0.05) is 44.6 Å². The predicted octanol–water partition coefficient (Wildman–Crippen LogP) is 13.7. The Morgan fingerprint density at radius 1 is 0.462 bits per heavy atom. The third kappa shape index (κ3) is 3.97. The summed E-state index contributed by atoms with van der Waals surface area (Å²) < 4.78 is 0. The lowest BCUT2D eigenvalue weighted by molar-refractivity contribution is 0.660. The summed E-state index contributed by atoms with van der Waals surface area (Å²) in [6.07, 6.45) is 0. The minimum atomic E-state index is -0.0901. The van der Waals surface area contributed by atoms with E-state index in [0.29, 0.717) is 0 Å². The number of fused-ring (bicyclic) bond motifs is 9. The Morgan fingerprint density at radius 3 is 1.56 bits per heavy atom. The van der Waals surface area contributed by atoms with E-state index < -0.39 is 0 Å². The van der Waals surface area contributed by atoms with Gasteiger partial charge < -0.3 is 4.90 Å². The molecule has 0 saturated heterocycles. The van der Waals surface area contributed by atoms with Gasteiger partial charge in [0.05, 0.1) is 10.6 Å². The maximum Gasteiger partial charge on any atom is 0.124 e. The summed E-state index contributed by atoms with van der Waals surface area (Å²) >= 11 is 1.80. The Labute approximate surface area is 308 Å². The molecule has 0 N–H and O–H groups in total. The van der Waals surface area contributed by atoms with Crippen molar-refractivity contribution in [1.82, 2.24) is 4.98 Å². The molecule has 11 rings (SSSR count). The highest BCUT2D eigenvalue weighted by atomic mass is 32.1. The first-order chi connectivity index (χ1) is 25.3. The Bertz CT molecular complexity index is 2640. The van der Waals surface area contributed by atoms with Gasteiger partial charge in [0.2, 0.25) is 0 Å². The molecule has 0 spiro atoms. The van der Waals surface area contributed by atoms with Crippen molar-refractivity contribution in [2.45, 2.75) is 38.5 Å². The number of thiazole rings is 1. The van der Waals surface area contributed by atoms with Gasteiger partial charge in [0.1, 0.15) is 5.01 Å². The molecule has 0 aliphatic heterocycles. The minimum absolute atomic E-state index is 0.0901. The van der Waals surface area contributed by atoms with Crippen LogP contribution in [0.15, 0.2) is 146 Å². The van der Waals surface area contributed by atoms with Crippen molar-refractivity contribution in [3.63, 3.8) is 0 Å². The van der Waals surface area contributed by atoms with Gasteiger partial charge in [-0.1, -0.05) is 125 Å². The first-order valence-corrected chi connectivity index (χ1v) is 19.0. The normalized spacial score (nSPS) is 14.8. The maximum absolute atomic E-state index is 5.25. The summed E-state index contributed by atoms with van der Waals surface area (Å²) in [7, 11) is 0. The summed E-state index contributed by atoms with van der Waals surface area (Å²) in [5.41, 5.74) is 19.0. The van der Waals surface area contributed by atoms with E-state index >= 15 is 0 Å². The molecule has 1 aromatic heterocycles. The largest absolute Gasteiger partial charge is 0.310 e. The summed E-state index contributed by atoms with van der Waals surface area (Å²) in [6, 6.07) is 54.2. The van der Waals surface area contributed by atoms with Crippen LogP contribution in [0.25, 0.3) is 65.3 Å². The van der Waals surface area contributed by atoms with E-state index in [1.165, 1.54) is 82.7 Å². The summed E-state index contributed by atoms with van der Waals surface area (Å²) in [5, 5.41) is 3.67. The fourth-order valence-electron chi connectivity index (χ4n) is 9.40. The highest BCUT2D eigenvalue weighted by Crippen LogP contribution is 2.54. The van der Waals surface area contributed by atoms with Crippen LogP contribution in [-0.2, 0) is 10.8 Å². The average molecular weight is 685 g/mol. The van der Waals surface area contributed by atoms with Crippen molar-refractivity contribution in [3.05, 3.63) is 168 Å². The van der Waals surface area contributed by atoms with Crippen LogP contribution in [0.2, 0.25) is 0 Å². The highest BCUT2D eigenvalue weighted by Gasteiger charge is 2.38. The van der Waals surface area contributed by atoms with Crippen molar-refractivity contribution in [3.8, 4) is 54.5 Å². The van der Waals surface area contributed by atoms with E-state index in [1.807, 2.05) is 0 Å². The number of hydrogen-bond donors (Lipinski definition) is 0. The summed E-state index contributed by atoms with van der Waals surface area (Å²) in [6.45, 7) is 9.44. The lowest BCUT2D eigenvalue weighted by Crippen LogP contribution is -2.18. The van der Waals surface area contributed by atoms with Crippen molar-refractivity contribution >= 4 is 39.2 Å². The van der Waals surface area contributed by atoms with Crippen LogP contribution >= 0.6 is 11.3 Å². The quantitative estimate of drug-likeness (QED) is 0.183. The van der Waals surface area contributed by atoms with E-state index in [1.54, 1.807) is 11.3 Å². The number of aromatic nitrogens is 1. The average Bonchev–Trinajstić information content (AvgIpc) is 3.87. The molecule has 1 heterocycles. The molecule has 0 unspecified atom stereocenters. The van der Waals surface area contributed by atoms with Crippen LogP contribution in [0, 0.1) is 0 Å². The van der Waals surface area contributed by atoms with Crippen LogP contribution < -0.4 is 4.90 Å². The third-order valence-corrected chi connectivity index (χ3v) is 13.2. The SMILES string of the molecule is CC1(C)c2ccccc2-c2ccc(N(c3ccc(-c4nc5c(s4)-c4cccc6cccc-5c46)cc3)c3ccc4c(c3)C(C)(C)c3ccccc3-4)cc21. The fraction of sp³-hybridized carbons (Fsp3) is 0.122. The Balaban J connectivity index is 1.04. The maximum atomic E-state index is 5.25. The van der Waals surface area contributed by atoms with Gasteiger partial charge >= 0.3 is 0 Å². The van der Waals surface area contributed by atoms with E-state index in [0.717, 1.165) is 22.0 Å². The zero-order valence-corrected chi connectivity index (χ0v) is 30.5.